The van der Waals surface area contributed by atoms with Gasteiger partial charge in [0, 0.05) is 12.2 Å². The van der Waals surface area contributed by atoms with E-state index in [1.807, 2.05) is 0 Å². The minimum Gasteiger partial charge on any atom is -1.00 e. The Morgan fingerprint density at radius 3 is 1.38 bits per heavy atom. The van der Waals surface area contributed by atoms with Gasteiger partial charge >= 0.3 is 41.5 Å². The average molecular weight is 304 g/mol. The van der Waals surface area contributed by atoms with Crippen LogP contribution >= 0.6 is 0 Å². The third-order valence-electron chi connectivity index (χ3n) is 4.03. The molecule has 5 heteroatoms. The van der Waals surface area contributed by atoms with E-state index < -0.39 is 11.9 Å². The van der Waals surface area contributed by atoms with E-state index >= 15 is 0 Å². The van der Waals surface area contributed by atoms with Crippen molar-refractivity contribution >= 4 is 11.9 Å². The Labute approximate surface area is 150 Å². The van der Waals surface area contributed by atoms with Gasteiger partial charge in [-0.05, 0) is 51.4 Å². The van der Waals surface area contributed by atoms with E-state index in [2.05, 4.69) is 0 Å². The van der Waals surface area contributed by atoms with Crippen molar-refractivity contribution in [1.29, 1.82) is 0 Å². The summed E-state index contributed by atoms with van der Waals surface area (Å²) in [4.78, 5) is 23.2. The topological polar surface area (TPSA) is 52.6 Å². The van der Waals surface area contributed by atoms with Crippen molar-refractivity contribution in [2.45, 2.75) is 76.4 Å². The van der Waals surface area contributed by atoms with Crippen molar-refractivity contribution in [3.8, 4) is 0 Å². The first-order valence-corrected chi connectivity index (χ1v) is 7.83. The maximum absolute atomic E-state index is 11.6. The molecule has 0 aliphatic heterocycles. The van der Waals surface area contributed by atoms with Crippen molar-refractivity contribution in [3.63, 3.8) is 0 Å². The zero-order valence-electron chi connectivity index (χ0n) is 14.0. The van der Waals surface area contributed by atoms with Crippen LogP contribution in [0.5, 0.6) is 0 Å². The number of ether oxygens (including phenoxy) is 2. The molecule has 0 amide bonds. The third-order valence-corrected chi connectivity index (χ3v) is 4.03. The van der Waals surface area contributed by atoms with Crippen LogP contribution in [0, 0.1) is 0 Å². The SMILES string of the molecule is O=C(/C=C\C(=O)OC1CCCCC1)OC1CCCCC1.[H-].[Na+]. The summed E-state index contributed by atoms with van der Waals surface area (Å²) in [6, 6.07) is 0. The predicted molar refractivity (Wildman–Crippen MR) is 76.2 cm³/mol. The monoisotopic (exact) mass is 304 g/mol. The number of rotatable bonds is 4. The molecule has 0 heterocycles. The van der Waals surface area contributed by atoms with Crippen LogP contribution in [0.2, 0.25) is 0 Å². The van der Waals surface area contributed by atoms with Gasteiger partial charge < -0.3 is 10.9 Å². The molecule has 2 rings (SSSR count). The zero-order valence-corrected chi connectivity index (χ0v) is 15.0. The van der Waals surface area contributed by atoms with Gasteiger partial charge in [-0.1, -0.05) is 12.8 Å². The minimum atomic E-state index is -0.433. The summed E-state index contributed by atoms with van der Waals surface area (Å²) in [6.07, 6.45) is 13.1. The van der Waals surface area contributed by atoms with Crippen molar-refractivity contribution in [3.05, 3.63) is 12.2 Å². The van der Waals surface area contributed by atoms with Crippen molar-refractivity contribution < 1.29 is 50.0 Å². The van der Waals surface area contributed by atoms with E-state index in [9.17, 15) is 9.59 Å². The second-order valence-electron chi connectivity index (χ2n) is 5.73. The maximum Gasteiger partial charge on any atom is 1.00 e. The van der Waals surface area contributed by atoms with E-state index in [0.717, 1.165) is 51.4 Å². The van der Waals surface area contributed by atoms with Gasteiger partial charge in [0.1, 0.15) is 12.2 Å². The summed E-state index contributed by atoms with van der Waals surface area (Å²) in [6.45, 7) is 0. The Morgan fingerprint density at radius 2 is 1.05 bits per heavy atom. The third kappa shape index (κ3) is 7.48. The van der Waals surface area contributed by atoms with Gasteiger partial charge in [-0.25, -0.2) is 9.59 Å². The largest absolute Gasteiger partial charge is 1.00 e. The first kappa shape index (κ1) is 18.7. The molecule has 114 valence electrons. The molecule has 2 fully saturated rings. The van der Waals surface area contributed by atoms with Gasteiger partial charge in [0.15, 0.2) is 0 Å². The van der Waals surface area contributed by atoms with Gasteiger partial charge in [-0.3, -0.25) is 0 Å². The molecular formula is C16H25NaO4. The molecule has 0 radical (unpaired) electrons. The quantitative estimate of drug-likeness (QED) is 0.429. The summed E-state index contributed by atoms with van der Waals surface area (Å²) in [7, 11) is 0. The zero-order chi connectivity index (χ0) is 14.2. The first-order chi connectivity index (χ1) is 9.74. The van der Waals surface area contributed by atoms with Crippen molar-refractivity contribution in [2.75, 3.05) is 0 Å². The number of esters is 2. The Kier molecular flexibility index (Phi) is 9.29. The maximum atomic E-state index is 11.6. The van der Waals surface area contributed by atoms with Crippen molar-refractivity contribution in [2.24, 2.45) is 0 Å². The van der Waals surface area contributed by atoms with Crippen LogP contribution in [-0.4, -0.2) is 24.1 Å². The van der Waals surface area contributed by atoms with Crippen LogP contribution in [0.25, 0.3) is 0 Å². The molecule has 0 aromatic heterocycles. The number of carbonyl (C=O) groups excluding carboxylic acids is 2. The standard InChI is InChI=1S/C16H24O4.Na.H/c17-15(19-13-7-3-1-4-8-13)11-12-16(18)20-14-9-5-2-6-10-14;;/h11-14H,1-10H2;;/q;+1;-1/b12-11-;;. The Hall–Kier alpha value is -0.320. The Balaban J connectivity index is 0.00000220. The molecule has 0 atom stereocenters. The Bertz CT molecular complexity index is 327. The Morgan fingerprint density at radius 1 is 0.714 bits per heavy atom. The first-order valence-electron chi connectivity index (χ1n) is 7.83. The van der Waals surface area contributed by atoms with Gasteiger partial charge in [-0.2, -0.15) is 0 Å². The van der Waals surface area contributed by atoms with Crippen LogP contribution in [-0.2, 0) is 19.1 Å². The molecule has 2 saturated carbocycles. The molecule has 4 nitrogen and oxygen atoms in total. The summed E-state index contributed by atoms with van der Waals surface area (Å²) < 4.78 is 10.6. The fraction of sp³-hybridized carbons (Fsp3) is 0.750. The summed E-state index contributed by atoms with van der Waals surface area (Å²) >= 11 is 0. The van der Waals surface area contributed by atoms with E-state index in [1.54, 1.807) is 0 Å². The van der Waals surface area contributed by atoms with Gasteiger partial charge in [0.05, 0.1) is 0 Å². The van der Waals surface area contributed by atoms with E-state index in [-0.39, 0.29) is 43.2 Å². The summed E-state index contributed by atoms with van der Waals surface area (Å²) in [5.41, 5.74) is 0. The fourth-order valence-corrected chi connectivity index (χ4v) is 2.91. The predicted octanol–water partition coefficient (Wildman–Crippen LogP) is 0.411. The van der Waals surface area contributed by atoms with Crippen LogP contribution in [0.3, 0.4) is 0 Å². The molecule has 2 aliphatic rings. The summed E-state index contributed by atoms with van der Waals surface area (Å²) in [5.74, 6) is -0.866. The van der Waals surface area contributed by atoms with Crippen LogP contribution in [0.15, 0.2) is 12.2 Å². The molecule has 0 unspecified atom stereocenters. The van der Waals surface area contributed by atoms with Gasteiger partial charge in [0.2, 0.25) is 0 Å². The van der Waals surface area contributed by atoms with Gasteiger partial charge in [-0.15, -0.1) is 0 Å². The molecule has 2 aliphatic carbocycles. The number of hydrogen-bond donors (Lipinski definition) is 0. The number of hydrogen-bond acceptors (Lipinski definition) is 4. The van der Waals surface area contributed by atoms with E-state index in [0.29, 0.717) is 0 Å². The molecule has 0 N–H and O–H groups in total. The van der Waals surface area contributed by atoms with Crippen LogP contribution in [0.4, 0.5) is 0 Å². The van der Waals surface area contributed by atoms with Gasteiger partial charge in [0.25, 0.3) is 0 Å². The smallest absolute Gasteiger partial charge is 1.00 e. The molecule has 0 saturated heterocycles. The molecule has 0 aromatic carbocycles. The summed E-state index contributed by atoms with van der Waals surface area (Å²) in [5, 5.41) is 0. The normalized spacial score (nSPS) is 20.8. The van der Waals surface area contributed by atoms with Crippen LogP contribution in [0.1, 0.15) is 65.6 Å². The van der Waals surface area contributed by atoms with Crippen LogP contribution < -0.4 is 29.6 Å². The van der Waals surface area contributed by atoms with Crippen molar-refractivity contribution in [1.82, 2.24) is 0 Å². The minimum absolute atomic E-state index is 0. The fourth-order valence-electron chi connectivity index (χ4n) is 2.91. The molecule has 21 heavy (non-hydrogen) atoms. The molecule has 0 bridgehead atoms. The molecular weight excluding hydrogens is 279 g/mol. The molecule has 0 aromatic rings. The van der Waals surface area contributed by atoms with E-state index in [1.165, 1.54) is 25.0 Å². The van der Waals surface area contributed by atoms with E-state index in [4.69, 9.17) is 9.47 Å². The molecule has 0 spiro atoms. The number of carbonyl (C=O) groups is 2. The second-order valence-corrected chi connectivity index (χ2v) is 5.73. The second kappa shape index (κ2) is 10.4. The average Bonchev–Trinajstić information content (AvgIpc) is 2.47.